The number of pyridine rings is 1. The average molecular weight is 249 g/mol. The summed E-state index contributed by atoms with van der Waals surface area (Å²) in [5.41, 5.74) is 1.26. The number of aromatic nitrogens is 3. The molecule has 4 nitrogen and oxygen atoms in total. The zero-order chi connectivity index (χ0) is 12.1. The fourth-order valence-electron chi connectivity index (χ4n) is 1.50. The molecule has 2 aromatic rings. The van der Waals surface area contributed by atoms with Crippen molar-refractivity contribution in [3.05, 3.63) is 47.6 Å². The number of nitrogens with zero attached hydrogens (tertiary/aromatic N) is 4. The lowest BCUT2D eigenvalue weighted by atomic mass is 10.2. The molecule has 0 aromatic carbocycles. The van der Waals surface area contributed by atoms with E-state index in [1.165, 1.54) is 5.56 Å². The summed E-state index contributed by atoms with van der Waals surface area (Å²) in [6.07, 6.45) is 6.21. The molecule has 0 saturated heterocycles. The smallest absolute Gasteiger partial charge is 0.224 e. The van der Waals surface area contributed by atoms with E-state index in [1.54, 1.807) is 18.6 Å². The van der Waals surface area contributed by atoms with Crippen LogP contribution in [0.1, 0.15) is 5.56 Å². The van der Waals surface area contributed by atoms with E-state index in [2.05, 4.69) is 15.0 Å². The van der Waals surface area contributed by atoms with Gasteiger partial charge in [-0.25, -0.2) is 9.97 Å². The Morgan fingerprint density at radius 3 is 2.65 bits per heavy atom. The van der Waals surface area contributed by atoms with E-state index in [1.807, 2.05) is 30.1 Å². The van der Waals surface area contributed by atoms with Gasteiger partial charge in [-0.15, -0.1) is 0 Å². The molecular weight excluding hydrogens is 236 g/mol. The Morgan fingerprint density at radius 1 is 1.18 bits per heavy atom. The Bertz CT molecular complexity index is 475. The molecule has 0 amide bonds. The highest BCUT2D eigenvalue weighted by molar-refractivity contribution is 6.28. The first kappa shape index (κ1) is 11.8. The van der Waals surface area contributed by atoms with Crippen LogP contribution in [-0.4, -0.2) is 28.5 Å². The maximum atomic E-state index is 5.75. The first-order valence-electron chi connectivity index (χ1n) is 5.34. The Kier molecular flexibility index (Phi) is 3.88. The van der Waals surface area contributed by atoms with Crippen molar-refractivity contribution in [2.75, 3.05) is 18.5 Å². The molecular formula is C12H13ClN4. The van der Waals surface area contributed by atoms with Gasteiger partial charge in [0.05, 0.1) is 0 Å². The molecule has 0 fully saturated rings. The summed E-state index contributed by atoms with van der Waals surface area (Å²) < 4.78 is 0. The van der Waals surface area contributed by atoms with Crippen LogP contribution in [0.4, 0.5) is 5.82 Å². The van der Waals surface area contributed by atoms with E-state index in [4.69, 9.17) is 11.6 Å². The Labute approximate surface area is 105 Å². The van der Waals surface area contributed by atoms with Crippen LogP contribution in [0.2, 0.25) is 5.28 Å². The number of hydrogen-bond donors (Lipinski definition) is 0. The number of anilines is 1. The van der Waals surface area contributed by atoms with E-state index in [0.29, 0.717) is 0 Å². The van der Waals surface area contributed by atoms with Crippen LogP contribution in [0.15, 0.2) is 36.8 Å². The van der Waals surface area contributed by atoms with Crippen molar-refractivity contribution in [1.82, 2.24) is 15.0 Å². The predicted molar refractivity (Wildman–Crippen MR) is 68.3 cm³/mol. The normalized spacial score (nSPS) is 10.2. The van der Waals surface area contributed by atoms with E-state index in [0.717, 1.165) is 18.8 Å². The fraction of sp³-hybridized carbons (Fsp3) is 0.250. The number of rotatable bonds is 4. The molecule has 5 heteroatoms. The molecule has 17 heavy (non-hydrogen) atoms. The molecule has 0 saturated carbocycles. The predicted octanol–water partition coefficient (Wildman–Crippen LogP) is 2.20. The molecule has 0 aliphatic carbocycles. The topological polar surface area (TPSA) is 41.9 Å². The summed E-state index contributed by atoms with van der Waals surface area (Å²) >= 11 is 5.75. The van der Waals surface area contributed by atoms with Crippen molar-refractivity contribution in [1.29, 1.82) is 0 Å². The van der Waals surface area contributed by atoms with E-state index >= 15 is 0 Å². The van der Waals surface area contributed by atoms with Gasteiger partial charge in [0.2, 0.25) is 5.28 Å². The van der Waals surface area contributed by atoms with E-state index < -0.39 is 0 Å². The summed E-state index contributed by atoms with van der Waals surface area (Å²) in [5, 5.41) is 0.276. The van der Waals surface area contributed by atoms with Crippen molar-refractivity contribution in [2.24, 2.45) is 0 Å². The monoisotopic (exact) mass is 248 g/mol. The third kappa shape index (κ3) is 3.39. The third-order valence-corrected chi connectivity index (χ3v) is 2.67. The minimum atomic E-state index is 0.276. The van der Waals surface area contributed by atoms with Crippen LogP contribution in [0, 0.1) is 0 Å². The molecule has 0 N–H and O–H groups in total. The largest absolute Gasteiger partial charge is 0.359 e. The lowest BCUT2D eigenvalue weighted by molar-refractivity contribution is 0.854. The molecule has 88 valence electrons. The standard InChI is InChI=1S/C12H13ClN4/c1-17(11-4-8-15-12(13)16-11)9-5-10-2-6-14-7-3-10/h2-4,6-8H,5,9H2,1H3. The fourth-order valence-corrected chi connectivity index (χ4v) is 1.64. The van der Waals surface area contributed by atoms with Crippen molar-refractivity contribution >= 4 is 17.4 Å². The average Bonchev–Trinajstić information content (AvgIpc) is 2.37. The van der Waals surface area contributed by atoms with Crippen molar-refractivity contribution in [3.8, 4) is 0 Å². The van der Waals surface area contributed by atoms with Crippen molar-refractivity contribution < 1.29 is 0 Å². The zero-order valence-electron chi connectivity index (χ0n) is 9.55. The summed E-state index contributed by atoms with van der Waals surface area (Å²) in [6, 6.07) is 5.88. The number of hydrogen-bond acceptors (Lipinski definition) is 4. The highest BCUT2D eigenvalue weighted by Crippen LogP contribution is 2.11. The van der Waals surface area contributed by atoms with Crippen LogP contribution in [0.3, 0.4) is 0 Å². The highest BCUT2D eigenvalue weighted by Gasteiger charge is 2.03. The van der Waals surface area contributed by atoms with Crippen LogP contribution < -0.4 is 4.90 Å². The van der Waals surface area contributed by atoms with Gasteiger partial charge in [-0.3, -0.25) is 4.98 Å². The Hall–Kier alpha value is -1.68. The van der Waals surface area contributed by atoms with Gasteiger partial charge in [-0.2, -0.15) is 0 Å². The lowest BCUT2D eigenvalue weighted by Crippen LogP contribution is -2.21. The van der Waals surface area contributed by atoms with E-state index in [9.17, 15) is 0 Å². The van der Waals surface area contributed by atoms with Gasteiger partial charge in [0.15, 0.2) is 0 Å². The lowest BCUT2D eigenvalue weighted by Gasteiger charge is -2.17. The molecule has 0 aliphatic heterocycles. The molecule has 0 unspecified atom stereocenters. The number of halogens is 1. The summed E-state index contributed by atoms with van der Waals surface area (Å²) in [7, 11) is 1.99. The minimum Gasteiger partial charge on any atom is -0.359 e. The van der Waals surface area contributed by atoms with Crippen LogP contribution in [0.5, 0.6) is 0 Å². The summed E-state index contributed by atoms with van der Waals surface area (Å²) in [6.45, 7) is 0.872. The van der Waals surface area contributed by atoms with Gasteiger partial charge in [0.1, 0.15) is 5.82 Å². The maximum absolute atomic E-state index is 5.75. The molecule has 0 atom stereocenters. The quantitative estimate of drug-likeness (QED) is 0.778. The van der Waals surface area contributed by atoms with Gasteiger partial charge in [0.25, 0.3) is 0 Å². The van der Waals surface area contributed by atoms with Gasteiger partial charge in [-0.05, 0) is 41.8 Å². The molecule has 2 heterocycles. The molecule has 0 bridgehead atoms. The maximum Gasteiger partial charge on any atom is 0.224 e. The van der Waals surface area contributed by atoms with Gasteiger partial charge in [-0.1, -0.05) is 0 Å². The SMILES string of the molecule is CN(CCc1ccncc1)c1ccnc(Cl)n1. The third-order valence-electron chi connectivity index (χ3n) is 2.49. The first-order valence-corrected chi connectivity index (χ1v) is 5.72. The number of likely N-dealkylation sites (N-methyl/N-ethyl adjacent to an activating group) is 1. The van der Waals surface area contributed by atoms with Gasteiger partial charge in [0, 0.05) is 32.2 Å². The molecule has 2 aromatic heterocycles. The molecule has 0 aliphatic rings. The Morgan fingerprint density at radius 2 is 1.94 bits per heavy atom. The highest BCUT2D eigenvalue weighted by atomic mass is 35.5. The van der Waals surface area contributed by atoms with E-state index in [-0.39, 0.29) is 5.28 Å². The second-order valence-electron chi connectivity index (χ2n) is 3.71. The first-order chi connectivity index (χ1) is 8.25. The van der Waals surface area contributed by atoms with Gasteiger partial charge < -0.3 is 4.90 Å². The van der Waals surface area contributed by atoms with Crippen molar-refractivity contribution in [3.63, 3.8) is 0 Å². The van der Waals surface area contributed by atoms with Gasteiger partial charge >= 0.3 is 0 Å². The molecule has 0 spiro atoms. The van der Waals surface area contributed by atoms with Crippen LogP contribution in [-0.2, 0) is 6.42 Å². The summed E-state index contributed by atoms with van der Waals surface area (Å²) in [5.74, 6) is 0.832. The van der Waals surface area contributed by atoms with Crippen molar-refractivity contribution in [2.45, 2.75) is 6.42 Å². The summed E-state index contributed by atoms with van der Waals surface area (Å²) in [4.78, 5) is 14.1. The minimum absolute atomic E-state index is 0.276. The second kappa shape index (κ2) is 5.59. The Balaban J connectivity index is 1.96. The van der Waals surface area contributed by atoms with Crippen LogP contribution >= 0.6 is 11.6 Å². The molecule has 2 rings (SSSR count). The molecule has 0 radical (unpaired) electrons. The van der Waals surface area contributed by atoms with Crippen LogP contribution in [0.25, 0.3) is 0 Å². The second-order valence-corrected chi connectivity index (χ2v) is 4.05. The zero-order valence-corrected chi connectivity index (χ0v) is 10.3.